The van der Waals surface area contributed by atoms with Crippen molar-refractivity contribution in [2.24, 2.45) is 22.5 Å². The Labute approximate surface area is 101 Å². The molecule has 0 rings (SSSR count). The van der Waals surface area contributed by atoms with Gasteiger partial charge in [0.1, 0.15) is 12.5 Å². The van der Waals surface area contributed by atoms with Crippen LogP contribution < -0.4 is 16.8 Å². The zero-order chi connectivity index (χ0) is 14.2. The Hall–Kier alpha value is -1.55. The van der Waals surface area contributed by atoms with Gasteiger partial charge < -0.3 is 26.7 Å². The maximum absolute atomic E-state index is 12.4. The number of rotatable bonds is 8. The van der Waals surface area contributed by atoms with Crippen LogP contribution in [0.4, 0.5) is 13.2 Å². The second kappa shape index (κ2) is 7.71. The number of nitrogens with zero attached hydrogens (tertiary/aromatic N) is 1. The van der Waals surface area contributed by atoms with Crippen molar-refractivity contribution >= 4 is 11.7 Å². The van der Waals surface area contributed by atoms with Crippen molar-refractivity contribution in [3.63, 3.8) is 0 Å². The number of nitrogens with one attached hydrogen (secondary N) is 1. The second-order valence-electron chi connectivity index (χ2n) is 3.34. The molecule has 1 unspecified atom stereocenters. The molecule has 0 fully saturated rings. The Morgan fingerprint density at radius 1 is 1.44 bits per heavy atom. The molecule has 0 aromatic carbocycles. The first-order valence-corrected chi connectivity index (χ1v) is 4.90. The SMILES string of the molecule is NC(=O)COCCNCC(C(N)=NO)C(F)(F)F. The molecule has 0 spiro atoms. The van der Waals surface area contributed by atoms with Crippen molar-refractivity contribution in [3.05, 3.63) is 0 Å². The van der Waals surface area contributed by atoms with E-state index in [2.05, 4.69) is 10.5 Å². The van der Waals surface area contributed by atoms with Gasteiger partial charge in [0.2, 0.25) is 5.91 Å². The first-order chi connectivity index (χ1) is 8.29. The minimum atomic E-state index is -4.61. The summed E-state index contributed by atoms with van der Waals surface area (Å²) in [5, 5.41) is 13.0. The average Bonchev–Trinajstić information content (AvgIpc) is 2.25. The van der Waals surface area contributed by atoms with Crippen LogP contribution >= 0.6 is 0 Å². The van der Waals surface area contributed by atoms with Crippen molar-refractivity contribution in [2.45, 2.75) is 6.18 Å². The number of amides is 1. The van der Waals surface area contributed by atoms with Gasteiger partial charge in [-0.15, -0.1) is 0 Å². The molecule has 0 aliphatic rings. The second-order valence-corrected chi connectivity index (χ2v) is 3.34. The minimum Gasteiger partial charge on any atom is -0.409 e. The molecule has 10 heteroatoms. The van der Waals surface area contributed by atoms with E-state index in [-0.39, 0.29) is 19.8 Å². The Morgan fingerprint density at radius 3 is 2.50 bits per heavy atom. The van der Waals surface area contributed by atoms with Gasteiger partial charge in [0, 0.05) is 13.1 Å². The largest absolute Gasteiger partial charge is 0.409 e. The number of hydrogen-bond acceptors (Lipinski definition) is 5. The number of halogens is 3. The van der Waals surface area contributed by atoms with E-state index in [1.54, 1.807) is 0 Å². The first-order valence-electron chi connectivity index (χ1n) is 4.90. The molecule has 7 nitrogen and oxygen atoms in total. The molecule has 0 heterocycles. The number of alkyl halides is 3. The molecule has 0 saturated carbocycles. The van der Waals surface area contributed by atoms with Crippen molar-refractivity contribution in [2.75, 3.05) is 26.3 Å². The Kier molecular flexibility index (Phi) is 7.05. The lowest BCUT2D eigenvalue weighted by Crippen LogP contribution is -2.43. The van der Waals surface area contributed by atoms with E-state index >= 15 is 0 Å². The quantitative estimate of drug-likeness (QED) is 0.148. The highest BCUT2D eigenvalue weighted by Gasteiger charge is 2.42. The lowest BCUT2D eigenvalue weighted by Gasteiger charge is -2.19. The molecule has 0 bridgehead atoms. The van der Waals surface area contributed by atoms with E-state index in [4.69, 9.17) is 21.4 Å². The number of hydrogen-bond donors (Lipinski definition) is 4. The summed E-state index contributed by atoms with van der Waals surface area (Å²) in [7, 11) is 0. The molecule has 106 valence electrons. The van der Waals surface area contributed by atoms with Gasteiger partial charge in [-0.25, -0.2) is 0 Å². The lowest BCUT2D eigenvalue weighted by atomic mass is 10.1. The third-order valence-electron chi connectivity index (χ3n) is 1.88. The van der Waals surface area contributed by atoms with Gasteiger partial charge >= 0.3 is 6.18 Å². The fraction of sp³-hybridized carbons (Fsp3) is 0.750. The van der Waals surface area contributed by atoms with E-state index in [0.29, 0.717) is 0 Å². The van der Waals surface area contributed by atoms with Crippen LogP contribution in [0.15, 0.2) is 5.16 Å². The molecule has 0 aromatic heterocycles. The van der Waals surface area contributed by atoms with Crippen LogP contribution in [-0.4, -0.2) is 49.4 Å². The summed E-state index contributed by atoms with van der Waals surface area (Å²) in [6.45, 7) is -0.772. The fourth-order valence-corrected chi connectivity index (χ4v) is 1.02. The van der Waals surface area contributed by atoms with Gasteiger partial charge in [-0.05, 0) is 0 Å². The maximum Gasteiger partial charge on any atom is 0.400 e. The van der Waals surface area contributed by atoms with Crippen LogP contribution in [0.2, 0.25) is 0 Å². The van der Waals surface area contributed by atoms with Crippen LogP contribution in [0.3, 0.4) is 0 Å². The summed E-state index contributed by atoms with van der Waals surface area (Å²) in [6.07, 6.45) is -4.61. The van der Waals surface area contributed by atoms with Crippen LogP contribution in [0.1, 0.15) is 0 Å². The van der Waals surface area contributed by atoms with Gasteiger partial charge in [0.15, 0.2) is 5.84 Å². The van der Waals surface area contributed by atoms with E-state index in [0.717, 1.165) is 0 Å². The van der Waals surface area contributed by atoms with Crippen LogP contribution in [0.5, 0.6) is 0 Å². The summed E-state index contributed by atoms with van der Waals surface area (Å²) in [4.78, 5) is 10.3. The summed E-state index contributed by atoms with van der Waals surface area (Å²) >= 11 is 0. The molecule has 18 heavy (non-hydrogen) atoms. The fourth-order valence-electron chi connectivity index (χ4n) is 1.02. The summed E-state index contributed by atoms with van der Waals surface area (Å²) in [5.41, 5.74) is 9.71. The standard InChI is InChI=1S/C8H15F3N4O3/c9-8(10,11)5(7(13)15-17)3-14-1-2-18-4-6(12)16/h5,14,17H,1-4H2,(H2,12,16)(H2,13,15). The number of nitrogens with two attached hydrogens (primary N) is 2. The van der Waals surface area contributed by atoms with Crippen molar-refractivity contribution in [1.29, 1.82) is 0 Å². The number of ether oxygens (including phenoxy) is 1. The Bertz CT molecular complexity index is 296. The molecule has 6 N–H and O–H groups in total. The number of amidine groups is 1. The molecule has 0 saturated heterocycles. The predicted molar refractivity (Wildman–Crippen MR) is 55.8 cm³/mol. The maximum atomic E-state index is 12.4. The summed E-state index contributed by atoms with van der Waals surface area (Å²) in [6, 6.07) is 0. The van der Waals surface area contributed by atoms with Crippen LogP contribution in [0, 0.1) is 5.92 Å². The lowest BCUT2D eigenvalue weighted by molar-refractivity contribution is -0.154. The van der Waals surface area contributed by atoms with Crippen LogP contribution in [0.25, 0.3) is 0 Å². The third-order valence-corrected chi connectivity index (χ3v) is 1.88. The van der Waals surface area contributed by atoms with E-state index in [1.165, 1.54) is 0 Å². The number of oxime groups is 1. The zero-order valence-corrected chi connectivity index (χ0v) is 9.41. The van der Waals surface area contributed by atoms with E-state index in [9.17, 15) is 18.0 Å². The van der Waals surface area contributed by atoms with Crippen LogP contribution in [-0.2, 0) is 9.53 Å². The van der Waals surface area contributed by atoms with Crippen molar-refractivity contribution in [3.8, 4) is 0 Å². The minimum absolute atomic E-state index is 0.0175. The predicted octanol–water partition coefficient (Wildman–Crippen LogP) is -0.997. The van der Waals surface area contributed by atoms with Gasteiger partial charge in [-0.1, -0.05) is 5.16 Å². The molecule has 1 atom stereocenters. The summed E-state index contributed by atoms with van der Waals surface area (Å²) < 4.78 is 42.0. The molecule has 0 aromatic rings. The molecule has 0 radical (unpaired) electrons. The van der Waals surface area contributed by atoms with Gasteiger partial charge in [-0.2, -0.15) is 13.2 Å². The Balaban J connectivity index is 3.96. The molecule has 0 aliphatic heterocycles. The molecular weight excluding hydrogens is 257 g/mol. The average molecular weight is 272 g/mol. The van der Waals surface area contributed by atoms with Gasteiger partial charge in [-0.3, -0.25) is 4.79 Å². The number of carbonyl (C=O) groups excluding carboxylic acids is 1. The zero-order valence-electron chi connectivity index (χ0n) is 9.41. The van der Waals surface area contributed by atoms with Crippen molar-refractivity contribution in [1.82, 2.24) is 5.32 Å². The highest BCUT2D eigenvalue weighted by atomic mass is 19.4. The molecular formula is C8H15F3N4O3. The topological polar surface area (TPSA) is 123 Å². The highest BCUT2D eigenvalue weighted by Crippen LogP contribution is 2.25. The number of primary amides is 1. The monoisotopic (exact) mass is 272 g/mol. The van der Waals surface area contributed by atoms with Gasteiger partial charge in [0.25, 0.3) is 0 Å². The highest BCUT2D eigenvalue weighted by molar-refractivity contribution is 5.83. The van der Waals surface area contributed by atoms with E-state index in [1.807, 2.05) is 0 Å². The van der Waals surface area contributed by atoms with E-state index < -0.39 is 30.4 Å². The molecule has 0 aliphatic carbocycles. The Morgan fingerprint density at radius 2 is 2.06 bits per heavy atom. The third kappa shape index (κ3) is 6.91. The molecule has 1 amide bonds. The smallest absolute Gasteiger partial charge is 0.400 e. The first kappa shape index (κ1) is 16.4. The van der Waals surface area contributed by atoms with Gasteiger partial charge in [0.05, 0.1) is 6.61 Å². The normalized spacial score (nSPS) is 14.5. The van der Waals surface area contributed by atoms with Crippen molar-refractivity contribution < 1.29 is 27.9 Å². The number of carbonyl (C=O) groups is 1. The summed E-state index contributed by atoms with van der Waals surface area (Å²) in [5.74, 6) is -3.67.